The molecular formula is C14H11BrFN3O4S. The van der Waals surface area contributed by atoms with E-state index >= 15 is 0 Å². The number of para-hydroxylation sites is 1. The molecule has 0 radical (unpaired) electrons. The summed E-state index contributed by atoms with van der Waals surface area (Å²) in [7, 11) is -4.14. The summed E-state index contributed by atoms with van der Waals surface area (Å²) in [4.78, 5) is 13.7. The van der Waals surface area contributed by atoms with E-state index in [1.54, 1.807) is 6.92 Å². The molecule has 10 heteroatoms. The first-order valence-corrected chi connectivity index (χ1v) is 8.99. The van der Waals surface area contributed by atoms with E-state index in [4.69, 9.17) is 0 Å². The van der Waals surface area contributed by atoms with Crippen LogP contribution in [0.2, 0.25) is 0 Å². The zero-order chi connectivity index (χ0) is 17.7. The molecule has 0 N–H and O–H groups in total. The zero-order valence-corrected chi connectivity index (χ0v) is 14.7. The lowest BCUT2D eigenvalue weighted by molar-refractivity contribution is -0.387. The molecule has 0 bridgehead atoms. The normalized spacial score (nSPS) is 23.0. The highest BCUT2D eigenvalue weighted by Crippen LogP contribution is 2.48. The Bertz CT molecular complexity index is 953. The lowest BCUT2D eigenvalue weighted by Gasteiger charge is -2.14. The average Bonchev–Trinajstić information content (AvgIpc) is 3.24. The van der Waals surface area contributed by atoms with E-state index < -0.39 is 36.9 Å². The molecule has 0 aliphatic carbocycles. The van der Waals surface area contributed by atoms with Gasteiger partial charge in [-0.3, -0.25) is 10.1 Å². The molecule has 1 aliphatic heterocycles. The molecular weight excluding hydrogens is 405 g/mol. The van der Waals surface area contributed by atoms with Crippen molar-refractivity contribution in [2.75, 3.05) is 6.54 Å². The Hall–Kier alpha value is -1.91. The maximum atomic E-state index is 14.1. The van der Waals surface area contributed by atoms with Crippen LogP contribution in [0.1, 0.15) is 12.5 Å². The third kappa shape index (κ3) is 2.60. The van der Waals surface area contributed by atoms with Crippen LogP contribution in [0.4, 0.5) is 10.1 Å². The van der Waals surface area contributed by atoms with Gasteiger partial charge in [0, 0.05) is 18.2 Å². The van der Waals surface area contributed by atoms with Gasteiger partial charge in [0.05, 0.1) is 16.7 Å². The van der Waals surface area contributed by atoms with E-state index in [2.05, 4.69) is 20.9 Å². The van der Waals surface area contributed by atoms with Gasteiger partial charge in [-0.15, -0.1) is 0 Å². The molecule has 1 fully saturated rings. The van der Waals surface area contributed by atoms with E-state index in [-0.39, 0.29) is 12.1 Å². The molecule has 1 aliphatic rings. The van der Waals surface area contributed by atoms with Crippen LogP contribution in [-0.4, -0.2) is 29.2 Å². The van der Waals surface area contributed by atoms with Crippen LogP contribution in [0.5, 0.6) is 0 Å². The van der Waals surface area contributed by atoms with Crippen molar-refractivity contribution in [1.29, 1.82) is 0 Å². The van der Waals surface area contributed by atoms with Crippen LogP contribution < -0.4 is 0 Å². The van der Waals surface area contributed by atoms with Crippen LogP contribution in [0.3, 0.4) is 0 Å². The van der Waals surface area contributed by atoms with Crippen molar-refractivity contribution in [3.05, 3.63) is 62.6 Å². The number of nitrogens with zero attached hydrogens (tertiary/aromatic N) is 3. The fraction of sp³-hybridized carbons (Fsp3) is 0.214. The summed E-state index contributed by atoms with van der Waals surface area (Å²) in [6.07, 6.45) is 0.999. The summed E-state index contributed by atoms with van der Waals surface area (Å²) in [6, 6.07) is 6.50. The fourth-order valence-corrected chi connectivity index (χ4v) is 4.86. The molecule has 2 heterocycles. The van der Waals surface area contributed by atoms with Gasteiger partial charge in [-0.2, -0.15) is 4.31 Å². The fourth-order valence-electron chi connectivity index (χ4n) is 2.58. The minimum atomic E-state index is -4.14. The van der Waals surface area contributed by atoms with Gasteiger partial charge in [-0.1, -0.05) is 12.1 Å². The largest absolute Gasteiger partial charge is 0.289 e. The van der Waals surface area contributed by atoms with Crippen molar-refractivity contribution in [3.8, 4) is 0 Å². The first-order valence-electron chi connectivity index (χ1n) is 6.76. The van der Waals surface area contributed by atoms with Crippen LogP contribution in [0.25, 0.3) is 0 Å². The van der Waals surface area contributed by atoms with Gasteiger partial charge in [-0.25, -0.2) is 17.8 Å². The predicted molar refractivity (Wildman–Crippen MR) is 86.2 cm³/mol. The maximum Gasteiger partial charge on any atom is 0.289 e. The minimum Gasteiger partial charge on any atom is -0.258 e. The van der Waals surface area contributed by atoms with E-state index in [0.717, 1.165) is 16.6 Å². The van der Waals surface area contributed by atoms with Gasteiger partial charge in [0.15, 0.2) is 4.90 Å². The number of nitro groups is 1. The molecule has 2 aromatic rings. The van der Waals surface area contributed by atoms with Crippen LogP contribution in [0.15, 0.2) is 46.0 Å². The molecule has 1 aromatic carbocycles. The number of pyridine rings is 1. The van der Waals surface area contributed by atoms with Crippen molar-refractivity contribution in [3.63, 3.8) is 0 Å². The number of sulfonamides is 1. The van der Waals surface area contributed by atoms with Crippen molar-refractivity contribution in [1.82, 2.24) is 9.29 Å². The van der Waals surface area contributed by atoms with Gasteiger partial charge >= 0.3 is 0 Å². The zero-order valence-electron chi connectivity index (χ0n) is 12.3. The van der Waals surface area contributed by atoms with E-state index in [1.807, 2.05) is 0 Å². The molecule has 24 heavy (non-hydrogen) atoms. The first-order chi connectivity index (χ1) is 11.2. The Morgan fingerprint density at radius 1 is 1.42 bits per heavy atom. The second kappa shape index (κ2) is 5.57. The van der Waals surface area contributed by atoms with Gasteiger partial charge < -0.3 is 0 Å². The Balaban J connectivity index is 2.05. The highest BCUT2D eigenvalue weighted by atomic mass is 79.9. The molecule has 3 rings (SSSR count). The number of aromatic nitrogens is 1. The Labute approximate surface area is 145 Å². The molecule has 126 valence electrons. The van der Waals surface area contributed by atoms with Crippen LogP contribution in [-0.2, 0) is 15.6 Å². The molecule has 1 aromatic heterocycles. The molecule has 1 saturated heterocycles. The summed E-state index contributed by atoms with van der Waals surface area (Å²) < 4.78 is 41.0. The van der Waals surface area contributed by atoms with Gasteiger partial charge in [-0.05, 0) is 35.0 Å². The van der Waals surface area contributed by atoms with Gasteiger partial charge in [0.1, 0.15) is 10.4 Å². The number of halogens is 2. The van der Waals surface area contributed by atoms with Crippen molar-refractivity contribution in [2.24, 2.45) is 0 Å². The second-order valence-corrected chi connectivity index (χ2v) is 8.14. The Morgan fingerprint density at radius 3 is 2.75 bits per heavy atom. The van der Waals surface area contributed by atoms with Crippen LogP contribution >= 0.6 is 15.9 Å². The maximum absolute atomic E-state index is 14.1. The number of benzene rings is 1. The van der Waals surface area contributed by atoms with Crippen LogP contribution in [0, 0.1) is 15.9 Å². The molecule has 2 unspecified atom stereocenters. The molecule has 0 amide bonds. The molecule has 2 atom stereocenters. The first kappa shape index (κ1) is 16.9. The third-order valence-electron chi connectivity index (χ3n) is 3.93. The molecule has 0 saturated carbocycles. The lowest BCUT2D eigenvalue weighted by Crippen LogP contribution is -2.21. The SMILES string of the molecule is CC1(c2cc(Br)ncc2F)CN1S(=O)(=O)c1ccccc1[N+](=O)[O-]. The lowest BCUT2D eigenvalue weighted by atomic mass is 10.0. The van der Waals surface area contributed by atoms with Crippen molar-refractivity contribution < 1.29 is 17.7 Å². The minimum absolute atomic E-state index is 0.0226. The van der Waals surface area contributed by atoms with Crippen molar-refractivity contribution >= 4 is 31.6 Å². The summed E-state index contributed by atoms with van der Waals surface area (Å²) in [6.45, 7) is 1.58. The quantitative estimate of drug-likeness (QED) is 0.331. The topological polar surface area (TPSA) is 93.2 Å². The molecule has 0 spiro atoms. The predicted octanol–water partition coefficient (Wildman–Crippen LogP) is 2.81. The van der Waals surface area contributed by atoms with E-state index in [0.29, 0.717) is 4.60 Å². The highest BCUT2D eigenvalue weighted by molar-refractivity contribution is 9.10. The third-order valence-corrected chi connectivity index (χ3v) is 6.38. The monoisotopic (exact) mass is 415 g/mol. The summed E-state index contributed by atoms with van der Waals surface area (Å²) in [5, 5.41) is 11.1. The summed E-state index contributed by atoms with van der Waals surface area (Å²) in [5.41, 5.74) is -1.47. The number of hydrogen-bond donors (Lipinski definition) is 0. The number of nitro benzene ring substituents is 1. The standard InChI is InChI=1S/C14H11BrFN3O4S/c1-14(9-6-13(15)17-7-10(9)16)8-18(14)24(22,23)12-5-3-2-4-11(12)19(20)21/h2-7H,8H2,1H3. The summed E-state index contributed by atoms with van der Waals surface area (Å²) in [5.74, 6) is -0.638. The van der Waals surface area contributed by atoms with Gasteiger partial charge in [0.25, 0.3) is 15.7 Å². The van der Waals surface area contributed by atoms with Gasteiger partial charge in [0.2, 0.25) is 0 Å². The average molecular weight is 416 g/mol. The highest BCUT2D eigenvalue weighted by Gasteiger charge is 2.58. The van der Waals surface area contributed by atoms with Crippen molar-refractivity contribution in [2.45, 2.75) is 17.4 Å². The summed E-state index contributed by atoms with van der Waals surface area (Å²) >= 11 is 3.13. The number of hydrogen-bond acceptors (Lipinski definition) is 5. The second-order valence-electron chi connectivity index (χ2n) is 5.50. The Kier molecular flexibility index (Phi) is 3.93. The smallest absolute Gasteiger partial charge is 0.258 e. The number of rotatable bonds is 4. The Morgan fingerprint density at radius 2 is 2.08 bits per heavy atom. The van der Waals surface area contributed by atoms with E-state index in [1.165, 1.54) is 24.3 Å². The molecule has 7 nitrogen and oxygen atoms in total. The van der Waals surface area contributed by atoms with E-state index in [9.17, 15) is 22.9 Å².